The summed E-state index contributed by atoms with van der Waals surface area (Å²) in [6, 6.07) is 18.9. The third-order valence-corrected chi connectivity index (χ3v) is 11.2. The number of benzene rings is 2. The molecule has 0 aromatic heterocycles. The van der Waals surface area contributed by atoms with Gasteiger partial charge in [-0.05, 0) is 36.8 Å². The van der Waals surface area contributed by atoms with E-state index in [1.165, 1.54) is 0 Å². The minimum Gasteiger partial charge on any atom is -0.346 e. The Morgan fingerprint density at radius 2 is 0.942 bits per heavy atom. The van der Waals surface area contributed by atoms with Crippen LogP contribution in [0.5, 0.6) is 0 Å². The fourth-order valence-electron chi connectivity index (χ4n) is 8.49. The highest BCUT2D eigenvalue weighted by Gasteiger charge is 2.59. The zero-order valence-electron chi connectivity index (χ0n) is 30.5. The topological polar surface area (TPSA) is 157 Å². The van der Waals surface area contributed by atoms with Crippen LogP contribution in [0.4, 0.5) is 0 Å². The Morgan fingerprint density at radius 1 is 0.538 bits per heavy atom. The number of amides is 6. The molecule has 0 bridgehead atoms. The van der Waals surface area contributed by atoms with E-state index in [4.69, 9.17) is 0 Å². The first-order valence-electron chi connectivity index (χ1n) is 18.9. The van der Waals surface area contributed by atoms with Crippen LogP contribution in [-0.4, -0.2) is 95.6 Å². The number of nitrogens with zero attached hydrogens (tertiary/aromatic N) is 2. The second kappa shape index (κ2) is 18.1. The monoisotopic (exact) mass is 714 g/mol. The van der Waals surface area contributed by atoms with E-state index in [2.05, 4.69) is 21.3 Å². The molecule has 3 aliphatic rings. The van der Waals surface area contributed by atoms with E-state index in [9.17, 15) is 19.2 Å². The Balaban J connectivity index is 1.75. The standard InChI is InChI=1S/C40H54N6O6/c1-28(30-15-7-3-8-16-30)40(29(2)31-17-9-4-10-18-31)39(52)45(32-19-11-5-12-20-32)27-37(50)43-25-35(48)41-23-34(47)42-24-36(49)44-26-38(51)46(40)33-21-13-6-14-22-33/h3-4,7-10,15-18,28-29,32-33H,5-6,11-14,19-27H2,1-2H3,(H,41,48)(H,42,47)(H,43,50)(H,44,49). The molecule has 4 N–H and O–H groups in total. The molecule has 3 fully saturated rings. The van der Waals surface area contributed by atoms with Crippen molar-refractivity contribution < 1.29 is 28.8 Å². The number of nitrogens with one attached hydrogen (secondary N) is 4. The van der Waals surface area contributed by atoms with Crippen LogP contribution in [0.3, 0.4) is 0 Å². The second-order valence-electron chi connectivity index (χ2n) is 14.5. The van der Waals surface area contributed by atoms with Crippen LogP contribution in [0.15, 0.2) is 60.7 Å². The molecule has 0 radical (unpaired) electrons. The summed E-state index contributed by atoms with van der Waals surface area (Å²) < 4.78 is 0. The molecule has 1 saturated heterocycles. The summed E-state index contributed by atoms with van der Waals surface area (Å²) in [5.74, 6) is -4.06. The highest BCUT2D eigenvalue weighted by Crippen LogP contribution is 2.48. The van der Waals surface area contributed by atoms with Crippen LogP contribution in [-0.2, 0) is 28.8 Å². The van der Waals surface area contributed by atoms with Gasteiger partial charge in [0.2, 0.25) is 29.5 Å². The van der Waals surface area contributed by atoms with Crippen molar-refractivity contribution >= 4 is 35.4 Å². The number of rotatable bonds is 6. The third-order valence-electron chi connectivity index (χ3n) is 11.2. The van der Waals surface area contributed by atoms with Gasteiger partial charge in [-0.2, -0.15) is 0 Å². The van der Waals surface area contributed by atoms with Gasteiger partial charge in [-0.3, -0.25) is 28.8 Å². The van der Waals surface area contributed by atoms with E-state index in [1.807, 2.05) is 74.5 Å². The molecule has 0 spiro atoms. The molecule has 2 aliphatic carbocycles. The van der Waals surface area contributed by atoms with Gasteiger partial charge in [-0.25, -0.2) is 0 Å². The maximum Gasteiger partial charge on any atom is 0.250 e. The Morgan fingerprint density at radius 3 is 1.40 bits per heavy atom. The van der Waals surface area contributed by atoms with Crippen LogP contribution in [0.1, 0.15) is 101 Å². The summed E-state index contributed by atoms with van der Waals surface area (Å²) in [6.45, 7) is 2.13. The minimum absolute atomic E-state index is 0.261. The van der Waals surface area contributed by atoms with E-state index in [-0.39, 0.29) is 37.6 Å². The Kier molecular flexibility index (Phi) is 13.4. The van der Waals surface area contributed by atoms with Gasteiger partial charge in [0, 0.05) is 23.9 Å². The fraction of sp³-hybridized carbons (Fsp3) is 0.550. The van der Waals surface area contributed by atoms with Crippen molar-refractivity contribution in [3.63, 3.8) is 0 Å². The van der Waals surface area contributed by atoms with Crippen molar-refractivity contribution in [2.75, 3.05) is 32.7 Å². The Labute approximate surface area is 306 Å². The number of hydrogen-bond donors (Lipinski definition) is 4. The fourth-order valence-corrected chi connectivity index (χ4v) is 8.49. The van der Waals surface area contributed by atoms with Gasteiger partial charge in [0.15, 0.2) is 0 Å². The van der Waals surface area contributed by atoms with Crippen molar-refractivity contribution in [2.45, 2.75) is 108 Å². The molecule has 12 nitrogen and oxygen atoms in total. The highest BCUT2D eigenvalue weighted by atomic mass is 16.2. The lowest BCUT2D eigenvalue weighted by Crippen LogP contribution is -2.71. The normalized spacial score (nSPS) is 24.1. The van der Waals surface area contributed by atoms with Gasteiger partial charge in [0.25, 0.3) is 5.91 Å². The third kappa shape index (κ3) is 9.00. The number of carbonyl (C=O) groups is 6. The Hall–Kier alpha value is -4.74. The zero-order chi connectivity index (χ0) is 37.1. The molecule has 12 heteroatoms. The Bertz CT molecular complexity index is 1510. The van der Waals surface area contributed by atoms with Crippen LogP contribution in [0.25, 0.3) is 0 Å². The predicted octanol–water partition coefficient (Wildman–Crippen LogP) is 3.13. The maximum absolute atomic E-state index is 16.2. The summed E-state index contributed by atoms with van der Waals surface area (Å²) in [4.78, 5) is 86.6. The van der Waals surface area contributed by atoms with Gasteiger partial charge in [0.1, 0.15) is 5.54 Å². The highest BCUT2D eigenvalue weighted by molar-refractivity contribution is 5.98. The molecule has 2 saturated carbocycles. The van der Waals surface area contributed by atoms with E-state index < -0.39 is 60.0 Å². The van der Waals surface area contributed by atoms with Crippen LogP contribution < -0.4 is 21.3 Å². The first kappa shape index (κ1) is 38.5. The van der Waals surface area contributed by atoms with Crippen molar-refractivity contribution in [1.29, 1.82) is 0 Å². The lowest BCUT2D eigenvalue weighted by Gasteiger charge is -2.56. The summed E-state index contributed by atoms with van der Waals surface area (Å²) in [6.07, 6.45) is 8.38. The average Bonchev–Trinajstić information content (AvgIpc) is 3.18. The average molecular weight is 715 g/mol. The molecule has 5 rings (SSSR count). The quantitative estimate of drug-likeness (QED) is 0.360. The number of hydrogen-bond acceptors (Lipinski definition) is 6. The zero-order valence-corrected chi connectivity index (χ0v) is 30.5. The molecule has 6 amide bonds. The van der Waals surface area contributed by atoms with Crippen molar-refractivity contribution in [1.82, 2.24) is 31.1 Å². The number of carbonyl (C=O) groups excluding carboxylic acids is 6. The lowest BCUT2D eigenvalue weighted by molar-refractivity contribution is -0.165. The summed E-state index contributed by atoms with van der Waals surface area (Å²) in [5, 5.41) is 10.3. The van der Waals surface area contributed by atoms with E-state index in [0.717, 1.165) is 49.7 Å². The van der Waals surface area contributed by atoms with Crippen LogP contribution >= 0.6 is 0 Å². The van der Waals surface area contributed by atoms with Gasteiger partial charge < -0.3 is 31.1 Å². The van der Waals surface area contributed by atoms with Crippen LogP contribution in [0.2, 0.25) is 0 Å². The van der Waals surface area contributed by atoms with Crippen molar-refractivity contribution in [2.24, 2.45) is 0 Å². The summed E-state index contributed by atoms with van der Waals surface area (Å²) in [7, 11) is 0. The van der Waals surface area contributed by atoms with E-state index >= 15 is 9.59 Å². The second-order valence-corrected chi connectivity index (χ2v) is 14.5. The molecule has 2 unspecified atom stereocenters. The molecule has 2 atom stereocenters. The summed E-state index contributed by atoms with van der Waals surface area (Å²) in [5.41, 5.74) is 0.193. The molecule has 2 aromatic carbocycles. The molecule has 280 valence electrons. The molecule has 1 heterocycles. The maximum atomic E-state index is 16.2. The van der Waals surface area contributed by atoms with E-state index in [1.54, 1.807) is 9.80 Å². The smallest absolute Gasteiger partial charge is 0.250 e. The predicted molar refractivity (Wildman–Crippen MR) is 197 cm³/mol. The molecule has 1 aliphatic heterocycles. The molecular weight excluding hydrogens is 660 g/mol. The SMILES string of the molecule is CC(c1ccccc1)C1(C(C)c2ccccc2)C(=O)N(C2CCCCC2)CC(=O)NCC(=O)NCC(=O)NCC(=O)NCC(=O)N1C1CCCCC1. The first-order chi connectivity index (χ1) is 25.1. The van der Waals surface area contributed by atoms with Crippen molar-refractivity contribution in [3.8, 4) is 0 Å². The molecule has 52 heavy (non-hydrogen) atoms. The van der Waals surface area contributed by atoms with Crippen molar-refractivity contribution in [3.05, 3.63) is 71.8 Å². The van der Waals surface area contributed by atoms with Gasteiger partial charge >= 0.3 is 0 Å². The van der Waals surface area contributed by atoms with Gasteiger partial charge in [-0.15, -0.1) is 0 Å². The molecular formula is C40H54N6O6. The molecule has 2 aromatic rings. The summed E-state index contributed by atoms with van der Waals surface area (Å²) >= 11 is 0. The minimum atomic E-state index is -1.54. The van der Waals surface area contributed by atoms with Crippen LogP contribution in [0, 0.1) is 0 Å². The van der Waals surface area contributed by atoms with Gasteiger partial charge in [0.05, 0.1) is 32.7 Å². The lowest BCUT2D eigenvalue weighted by atomic mass is 9.66. The first-order valence-corrected chi connectivity index (χ1v) is 18.9. The largest absolute Gasteiger partial charge is 0.346 e. The van der Waals surface area contributed by atoms with E-state index in [0.29, 0.717) is 25.7 Å². The van der Waals surface area contributed by atoms with Gasteiger partial charge in [-0.1, -0.05) is 113 Å².